The van der Waals surface area contributed by atoms with Crippen LogP contribution in [0, 0.1) is 27.9 Å². The van der Waals surface area contributed by atoms with Gasteiger partial charge in [-0.1, -0.05) is 18.5 Å². The van der Waals surface area contributed by atoms with E-state index >= 15 is 0 Å². The second kappa shape index (κ2) is 9.34. The monoisotopic (exact) mass is 483 g/mol. The molecule has 0 unspecified atom stereocenters. The van der Waals surface area contributed by atoms with E-state index in [2.05, 4.69) is 0 Å². The van der Waals surface area contributed by atoms with Crippen molar-refractivity contribution in [2.24, 2.45) is 17.8 Å². The predicted molar refractivity (Wildman–Crippen MR) is 122 cm³/mol. The van der Waals surface area contributed by atoms with E-state index in [1.807, 2.05) is 6.92 Å². The topological polar surface area (TPSA) is 118 Å². The van der Waals surface area contributed by atoms with Gasteiger partial charge in [0.1, 0.15) is 6.54 Å². The minimum Gasteiger partial charge on any atom is -0.292 e. The number of carbonyl (C=O) groups excluding carboxylic acids is 4. The first-order valence-corrected chi connectivity index (χ1v) is 11.3. The largest absolute Gasteiger partial charge is 0.292 e. The number of nitrogens with zero attached hydrogens (tertiary/aromatic N) is 3. The van der Waals surface area contributed by atoms with Crippen LogP contribution in [0.3, 0.4) is 0 Å². The second-order valence-electron chi connectivity index (χ2n) is 8.72. The summed E-state index contributed by atoms with van der Waals surface area (Å²) < 4.78 is 0. The summed E-state index contributed by atoms with van der Waals surface area (Å²) in [5, 5.41) is 13.1. The Morgan fingerprint density at radius 2 is 1.59 bits per heavy atom. The predicted octanol–water partition coefficient (Wildman–Crippen LogP) is 3.91. The van der Waals surface area contributed by atoms with E-state index in [1.54, 1.807) is 0 Å². The van der Waals surface area contributed by atoms with Crippen LogP contribution in [0.4, 0.5) is 5.69 Å². The zero-order valence-corrected chi connectivity index (χ0v) is 19.1. The second-order valence-corrected chi connectivity index (χ2v) is 9.15. The molecule has 2 fully saturated rings. The molecule has 1 aliphatic carbocycles. The van der Waals surface area contributed by atoms with E-state index in [1.165, 1.54) is 36.4 Å². The fourth-order valence-corrected chi connectivity index (χ4v) is 4.71. The van der Waals surface area contributed by atoms with Crippen LogP contribution in [0.15, 0.2) is 48.5 Å². The minimum absolute atomic E-state index is 0.0124. The van der Waals surface area contributed by atoms with Gasteiger partial charge in [-0.3, -0.25) is 29.3 Å². The van der Waals surface area contributed by atoms with Gasteiger partial charge in [-0.25, -0.2) is 5.01 Å². The third kappa shape index (κ3) is 4.43. The Labute approximate surface area is 200 Å². The van der Waals surface area contributed by atoms with Gasteiger partial charge in [0, 0.05) is 28.3 Å². The molecule has 176 valence electrons. The van der Waals surface area contributed by atoms with Crippen molar-refractivity contribution in [2.45, 2.75) is 26.2 Å². The van der Waals surface area contributed by atoms with Crippen LogP contribution in [-0.2, 0) is 9.59 Å². The molecular formula is C24H22ClN3O6. The van der Waals surface area contributed by atoms with Gasteiger partial charge in [0.25, 0.3) is 23.4 Å². The number of hydrogen-bond acceptors (Lipinski definition) is 6. The number of halogens is 1. The number of carbonyl (C=O) groups is 4. The van der Waals surface area contributed by atoms with Crippen LogP contribution in [-0.4, -0.2) is 45.0 Å². The summed E-state index contributed by atoms with van der Waals surface area (Å²) in [4.78, 5) is 63.3. The number of rotatable bonds is 6. The van der Waals surface area contributed by atoms with E-state index in [4.69, 9.17) is 11.6 Å². The Morgan fingerprint density at radius 3 is 2.21 bits per heavy atom. The summed E-state index contributed by atoms with van der Waals surface area (Å²) in [6.07, 6.45) is 1.88. The lowest BCUT2D eigenvalue weighted by molar-refractivity contribution is -0.384. The zero-order chi connectivity index (χ0) is 24.6. The van der Waals surface area contributed by atoms with Crippen molar-refractivity contribution in [3.63, 3.8) is 0 Å². The number of hydrogen-bond donors (Lipinski definition) is 0. The normalized spacial score (nSPS) is 21.8. The number of ketones is 1. The van der Waals surface area contributed by atoms with E-state index in [0.29, 0.717) is 17.9 Å². The third-order valence-electron chi connectivity index (χ3n) is 6.42. The Bertz CT molecular complexity index is 1160. The fourth-order valence-electron chi connectivity index (χ4n) is 4.58. The van der Waals surface area contributed by atoms with Gasteiger partial charge in [-0.2, -0.15) is 5.01 Å². The number of nitro groups is 1. The maximum Gasteiger partial charge on any atom is 0.273 e. The smallest absolute Gasteiger partial charge is 0.273 e. The first-order chi connectivity index (χ1) is 16.2. The van der Waals surface area contributed by atoms with E-state index < -0.39 is 46.8 Å². The van der Waals surface area contributed by atoms with Crippen molar-refractivity contribution in [2.75, 3.05) is 6.54 Å². The molecule has 4 rings (SSSR count). The third-order valence-corrected chi connectivity index (χ3v) is 6.68. The van der Waals surface area contributed by atoms with E-state index in [0.717, 1.165) is 28.6 Å². The number of imide groups is 1. The molecule has 0 N–H and O–H groups in total. The average Bonchev–Trinajstić information content (AvgIpc) is 3.06. The van der Waals surface area contributed by atoms with Gasteiger partial charge in [0.05, 0.1) is 16.8 Å². The van der Waals surface area contributed by atoms with Gasteiger partial charge >= 0.3 is 0 Å². The number of non-ortho nitro benzene ring substituents is 1. The van der Waals surface area contributed by atoms with Crippen LogP contribution in [0.5, 0.6) is 0 Å². The van der Waals surface area contributed by atoms with Crippen molar-refractivity contribution in [3.05, 3.63) is 74.8 Å². The Morgan fingerprint density at radius 1 is 1.00 bits per heavy atom. The molecular weight excluding hydrogens is 462 g/mol. The van der Waals surface area contributed by atoms with Gasteiger partial charge in [-0.05, 0) is 61.6 Å². The molecule has 10 heteroatoms. The minimum atomic E-state index is -0.773. The molecule has 1 aliphatic heterocycles. The number of nitro benzene ring substituents is 1. The summed E-state index contributed by atoms with van der Waals surface area (Å²) in [6, 6.07) is 10.8. The Hall–Kier alpha value is -3.59. The summed E-state index contributed by atoms with van der Waals surface area (Å²) in [6.45, 7) is 1.46. The van der Waals surface area contributed by atoms with E-state index in [9.17, 15) is 29.3 Å². The molecule has 2 aromatic carbocycles. The van der Waals surface area contributed by atoms with Gasteiger partial charge < -0.3 is 0 Å². The quantitative estimate of drug-likeness (QED) is 0.266. The van der Waals surface area contributed by atoms with Gasteiger partial charge in [0.2, 0.25) is 0 Å². The van der Waals surface area contributed by atoms with Crippen molar-refractivity contribution < 1.29 is 24.1 Å². The van der Waals surface area contributed by atoms with Crippen LogP contribution in [0.25, 0.3) is 0 Å². The maximum absolute atomic E-state index is 13.4. The number of fused-ring (bicyclic) bond motifs is 1. The molecule has 0 radical (unpaired) electrons. The molecule has 3 atom stereocenters. The lowest BCUT2D eigenvalue weighted by atomic mass is 9.76. The molecule has 2 aliphatic rings. The summed E-state index contributed by atoms with van der Waals surface area (Å²) in [5.41, 5.74) is 0.0584. The summed E-state index contributed by atoms with van der Waals surface area (Å²) >= 11 is 5.89. The highest BCUT2D eigenvalue weighted by Crippen LogP contribution is 2.41. The number of amides is 3. The molecule has 1 heterocycles. The SMILES string of the molecule is C[C@@H]1CC[C@H]2C(=O)N(N(CC(=O)c3ccc(Cl)cc3)C(=O)c3ccc([N+](=O)[O-])cc3)C(=O)[C@@H]2C1. The Balaban J connectivity index is 1.68. The highest BCUT2D eigenvalue weighted by molar-refractivity contribution is 6.30. The first kappa shape index (κ1) is 23.6. The fraction of sp³-hybridized carbons (Fsp3) is 0.333. The molecule has 3 amide bonds. The number of hydrazine groups is 1. The van der Waals surface area contributed by atoms with Crippen LogP contribution in [0.1, 0.15) is 46.9 Å². The van der Waals surface area contributed by atoms with Crippen molar-refractivity contribution in [1.82, 2.24) is 10.0 Å². The average molecular weight is 484 g/mol. The van der Waals surface area contributed by atoms with Crippen molar-refractivity contribution in [1.29, 1.82) is 0 Å². The Kier molecular flexibility index (Phi) is 6.47. The van der Waals surface area contributed by atoms with Crippen molar-refractivity contribution >= 4 is 40.8 Å². The highest BCUT2D eigenvalue weighted by atomic mass is 35.5. The maximum atomic E-state index is 13.4. The zero-order valence-electron chi connectivity index (χ0n) is 18.3. The molecule has 0 aromatic heterocycles. The number of benzene rings is 2. The molecule has 9 nitrogen and oxygen atoms in total. The van der Waals surface area contributed by atoms with Crippen LogP contribution >= 0.6 is 11.6 Å². The van der Waals surface area contributed by atoms with Crippen LogP contribution < -0.4 is 0 Å². The summed E-state index contributed by atoms with van der Waals surface area (Å²) in [7, 11) is 0. The molecule has 2 aromatic rings. The lowest BCUT2D eigenvalue weighted by Crippen LogP contribution is -2.52. The molecule has 0 bridgehead atoms. The standard InChI is InChI=1S/C24H22ClN3O6/c1-14-2-11-19-20(12-14)24(32)27(23(19)31)26(13-21(29)15-3-7-17(25)8-4-15)22(30)16-5-9-18(10-6-16)28(33)34/h3-10,14,19-20H,2,11-13H2,1H3/t14-,19-,20-/m1/s1. The first-order valence-electron chi connectivity index (χ1n) is 10.9. The van der Waals surface area contributed by atoms with E-state index in [-0.39, 0.29) is 22.7 Å². The molecule has 1 saturated heterocycles. The van der Waals surface area contributed by atoms with Crippen LogP contribution in [0.2, 0.25) is 5.02 Å². The number of Topliss-reactive ketones (excluding diaryl/α,β-unsaturated/α-hetero) is 1. The molecule has 1 saturated carbocycles. The van der Waals surface area contributed by atoms with Crippen molar-refractivity contribution in [3.8, 4) is 0 Å². The summed E-state index contributed by atoms with van der Waals surface area (Å²) in [5.74, 6) is -3.05. The molecule has 34 heavy (non-hydrogen) atoms. The van der Waals surface area contributed by atoms with Gasteiger partial charge in [-0.15, -0.1) is 0 Å². The highest BCUT2D eigenvalue weighted by Gasteiger charge is 2.52. The molecule has 0 spiro atoms. The van der Waals surface area contributed by atoms with Gasteiger partial charge in [0.15, 0.2) is 5.78 Å². The lowest BCUT2D eigenvalue weighted by Gasteiger charge is -2.30.